The maximum absolute atomic E-state index is 13.7. The molecule has 0 saturated carbocycles. The zero-order chi connectivity index (χ0) is 11.0. The van der Waals surface area contributed by atoms with Gasteiger partial charge in [-0.3, -0.25) is 4.79 Å². The highest BCUT2D eigenvalue weighted by Crippen LogP contribution is 2.20. The van der Waals surface area contributed by atoms with E-state index in [1.807, 2.05) is 6.07 Å². The molecule has 0 fully saturated rings. The number of fused-ring (bicyclic) bond motifs is 1. The minimum Gasteiger partial charge on any atom is -0.343 e. The first-order valence-electron chi connectivity index (χ1n) is 4.59. The van der Waals surface area contributed by atoms with Gasteiger partial charge in [0.15, 0.2) is 0 Å². The third kappa shape index (κ3) is 1.48. The van der Waals surface area contributed by atoms with E-state index in [-0.39, 0.29) is 11.6 Å². The highest BCUT2D eigenvalue weighted by Gasteiger charge is 2.16. The van der Waals surface area contributed by atoms with Gasteiger partial charge < -0.3 is 4.90 Å². The van der Waals surface area contributed by atoms with Gasteiger partial charge in [0.1, 0.15) is 5.69 Å². The molecule has 0 radical (unpaired) electrons. The van der Waals surface area contributed by atoms with E-state index in [9.17, 15) is 9.28 Å². The van der Waals surface area contributed by atoms with E-state index in [2.05, 4.69) is 0 Å². The summed E-state index contributed by atoms with van der Waals surface area (Å²) in [6.07, 6.45) is 0. The van der Waals surface area contributed by atoms with E-state index in [0.29, 0.717) is 10.3 Å². The van der Waals surface area contributed by atoms with Gasteiger partial charge in [-0.15, -0.1) is 0 Å². The highest BCUT2D eigenvalue weighted by atomic mass is 19.2. The Morgan fingerprint density at radius 1 is 1.33 bits per heavy atom. The van der Waals surface area contributed by atoms with Gasteiger partial charge in [0.2, 0.25) is 0 Å². The lowest BCUT2D eigenvalue weighted by Gasteiger charge is -2.08. The Bertz CT molecular complexity index is 516. The molecule has 0 N–H and O–H groups in total. The van der Waals surface area contributed by atoms with Crippen molar-refractivity contribution in [2.24, 2.45) is 0 Å². The van der Waals surface area contributed by atoms with Crippen LogP contribution in [0.15, 0.2) is 30.3 Å². The predicted molar refractivity (Wildman–Crippen MR) is 56.5 cm³/mol. The van der Waals surface area contributed by atoms with Gasteiger partial charge in [-0.25, -0.2) is 0 Å². The van der Waals surface area contributed by atoms with E-state index < -0.39 is 0 Å². The molecule has 0 saturated heterocycles. The monoisotopic (exact) mass is 206 g/mol. The predicted octanol–water partition coefficient (Wildman–Crippen LogP) is 2.08. The molecular weight excluding hydrogens is 195 g/mol. The molecule has 0 aliphatic rings. The Balaban J connectivity index is 2.63. The van der Waals surface area contributed by atoms with Crippen molar-refractivity contribution >= 4 is 16.8 Å². The fraction of sp³-hybridized carbons (Fsp3) is 0.182. The summed E-state index contributed by atoms with van der Waals surface area (Å²) >= 11 is 0. The summed E-state index contributed by atoms with van der Waals surface area (Å²) in [5.41, 5.74) is 0.476. The summed E-state index contributed by atoms with van der Waals surface area (Å²) in [7, 11) is 3.19. The lowest BCUT2D eigenvalue weighted by Crippen LogP contribution is -2.23. The number of amides is 1. The molecule has 2 rings (SSSR count). The van der Waals surface area contributed by atoms with Crippen molar-refractivity contribution in [3.8, 4) is 0 Å². The fourth-order valence-electron chi connectivity index (χ4n) is 1.50. The summed E-state index contributed by atoms with van der Waals surface area (Å²) in [6.45, 7) is 0. The number of carbonyl (C=O) groups excluding carboxylic acids is 1. The Morgan fingerprint density at radius 3 is 2.60 bits per heavy atom. The number of hydrogen-bond donors (Lipinski definition) is 0. The third-order valence-electron chi connectivity index (χ3n) is 2.28. The molecule has 1 heterocycles. The summed E-state index contributed by atoms with van der Waals surface area (Å²) in [4.78, 5) is 13.4. The molecule has 0 aliphatic carbocycles. The van der Waals surface area contributed by atoms with Crippen LogP contribution in [-0.2, 0) is 0 Å². The molecule has 0 unspecified atom stereocenters. The first-order valence-corrected chi connectivity index (χ1v) is 4.59. The number of halogens is 1. The van der Waals surface area contributed by atoms with Crippen LogP contribution < -0.4 is 0 Å². The average Bonchev–Trinajstić information content (AvgIpc) is 2.56. The van der Waals surface area contributed by atoms with Crippen LogP contribution >= 0.6 is 0 Å². The molecule has 3 nitrogen and oxygen atoms in total. The third-order valence-corrected chi connectivity index (χ3v) is 2.28. The topological polar surface area (TPSA) is 25.2 Å². The van der Waals surface area contributed by atoms with Gasteiger partial charge in [-0.05, 0) is 12.1 Å². The van der Waals surface area contributed by atoms with Crippen LogP contribution in [0.3, 0.4) is 0 Å². The molecule has 4 heteroatoms. The van der Waals surface area contributed by atoms with Crippen LogP contribution in [0.2, 0.25) is 0 Å². The second-order valence-corrected chi connectivity index (χ2v) is 3.57. The van der Waals surface area contributed by atoms with Crippen molar-refractivity contribution in [2.45, 2.75) is 0 Å². The van der Waals surface area contributed by atoms with Crippen molar-refractivity contribution in [2.75, 3.05) is 14.1 Å². The molecule has 0 atom stereocenters. The zero-order valence-corrected chi connectivity index (χ0v) is 8.57. The van der Waals surface area contributed by atoms with Gasteiger partial charge in [0.25, 0.3) is 5.91 Å². The van der Waals surface area contributed by atoms with Crippen LogP contribution in [0.1, 0.15) is 10.5 Å². The van der Waals surface area contributed by atoms with Crippen LogP contribution in [0.4, 0.5) is 4.48 Å². The van der Waals surface area contributed by atoms with E-state index in [1.54, 1.807) is 38.4 Å². The molecule has 1 amide bonds. The Labute approximate surface area is 86.6 Å². The Morgan fingerprint density at radius 2 is 2.00 bits per heavy atom. The van der Waals surface area contributed by atoms with Gasteiger partial charge in [0, 0.05) is 19.5 Å². The number of carbonyl (C=O) groups is 1. The summed E-state index contributed by atoms with van der Waals surface area (Å²) in [5, 5.41) is 0.727. The maximum atomic E-state index is 13.7. The van der Waals surface area contributed by atoms with Crippen LogP contribution in [0.5, 0.6) is 0 Å². The highest BCUT2D eigenvalue weighted by molar-refractivity contribution is 5.98. The quantitative estimate of drug-likeness (QED) is 0.701. The second-order valence-electron chi connectivity index (χ2n) is 3.57. The minimum absolute atomic E-state index is 0.0567. The van der Waals surface area contributed by atoms with E-state index in [4.69, 9.17) is 0 Å². The van der Waals surface area contributed by atoms with Gasteiger partial charge in [-0.2, -0.15) is 4.79 Å². The van der Waals surface area contributed by atoms with Crippen molar-refractivity contribution in [1.29, 1.82) is 0 Å². The molecule has 78 valence electrons. The molecule has 0 spiro atoms. The van der Waals surface area contributed by atoms with Gasteiger partial charge >= 0.3 is 0 Å². The van der Waals surface area contributed by atoms with Crippen molar-refractivity contribution in [3.05, 3.63) is 36.0 Å². The van der Waals surface area contributed by atoms with E-state index in [0.717, 1.165) is 5.39 Å². The second kappa shape index (κ2) is 3.38. The molecule has 0 bridgehead atoms. The number of hydrogen-bond acceptors (Lipinski definition) is 1. The van der Waals surface area contributed by atoms with Crippen LogP contribution in [-0.4, -0.2) is 29.7 Å². The summed E-state index contributed by atoms with van der Waals surface area (Å²) < 4.78 is 13.7. The van der Waals surface area contributed by atoms with Crippen molar-refractivity contribution < 1.29 is 9.28 Å². The zero-order valence-electron chi connectivity index (χ0n) is 8.57. The average molecular weight is 206 g/mol. The number of benzene rings is 1. The number of nitrogens with zero attached hydrogens (tertiary/aromatic N) is 2. The lowest BCUT2D eigenvalue weighted by atomic mass is 10.2. The number of para-hydroxylation sites is 1. The summed E-state index contributed by atoms with van der Waals surface area (Å²) in [5.74, 6) is -0.339. The number of rotatable bonds is 1. The Kier molecular flexibility index (Phi) is 2.19. The number of aromatic nitrogens is 1. The first kappa shape index (κ1) is 9.71. The van der Waals surface area contributed by atoms with Crippen molar-refractivity contribution in [3.63, 3.8) is 0 Å². The maximum Gasteiger partial charge on any atom is 0.272 e. The SMILES string of the molecule is CN(C)C(=O)c1cc2ccccc2n1F. The Hall–Kier alpha value is -1.84. The van der Waals surface area contributed by atoms with Crippen LogP contribution in [0.25, 0.3) is 10.9 Å². The van der Waals surface area contributed by atoms with E-state index >= 15 is 0 Å². The van der Waals surface area contributed by atoms with Gasteiger partial charge in [-0.1, -0.05) is 22.7 Å². The minimum atomic E-state index is -0.339. The lowest BCUT2D eigenvalue weighted by molar-refractivity contribution is 0.0807. The van der Waals surface area contributed by atoms with E-state index in [1.165, 1.54) is 4.90 Å². The van der Waals surface area contributed by atoms with Gasteiger partial charge in [0.05, 0.1) is 5.52 Å². The molecule has 1 aromatic heterocycles. The molecule has 2 aromatic rings. The summed E-state index contributed by atoms with van der Waals surface area (Å²) in [6, 6.07) is 8.52. The first-order chi connectivity index (χ1) is 7.11. The van der Waals surface area contributed by atoms with Crippen LogP contribution in [0, 0.1) is 0 Å². The largest absolute Gasteiger partial charge is 0.343 e. The standard InChI is InChI=1S/C11H11FN2O/c1-13(2)11(15)10-7-8-5-3-4-6-9(8)14(10)12/h3-7H,1-2H3. The molecule has 15 heavy (non-hydrogen) atoms. The fourth-order valence-corrected chi connectivity index (χ4v) is 1.50. The molecular formula is C11H11FN2O. The smallest absolute Gasteiger partial charge is 0.272 e. The molecule has 1 aromatic carbocycles. The normalized spacial score (nSPS) is 10.6. The molecule has 0 aliphatic heterocycles. The van der Waals surface area contributed by atoms with Crippen molar-refractivity contribution in [1.82, 2.24) is 9.69 Å².